The van der Waals surface area contributed by atoms with Gasteiger partial charge >= 0.3 is 0 Å². The summed E-state index contributed by atoms with van der Waals surface area (Å²) in [7, 11) is 0. The quantitative estimate of drug-likeness (QED) is 0.775. The number of anilines is 1. The van der Waals surface area contributed by atoms with Gasteiger partial charge in [-0.3, -0.25) is 14.4 Å². The van der Waals surface area contributed by atoms with E-state index in [-0.39, 0.29) is 49.3 Å². The van der Waals surface area contributed by atoms with Crippen LogP contribution in [0.1, 0.15) is 49.4 Å². The number of ether oxygens (including phenoxy) is 1. The van der Waals surface area contributed by atoms with Crippen LogP contribution < -0.4 is 15.0 Å². The monoisotopic (exact) mass is 360 g/mol. The van der Waals surface area contributed by atoms with Crippen molar-refractivity contribution >= 4 is 23.3 Å². The Morgan fingerprint density at radius 2 is 2.00 bits per heavy atom. The molecular formula is C19H24N2O5. The number of aliphatic hydroxyl groups is 1. The lowest BCUT2D eigenvalue weighted by Crippen LogP contribution is -2.43. The van der Waals surface area contributed by atoms with Gasteiger partial charge in [-0.2, -0.15) is 0 Å². The Bertz CT molecular complexity index is 710. The van der Waals surface area contributed by atoms with E-state index in [0.717, 1.165) is 12.8 Å². The van der Waals surface area contributed by atoms with Gasteiger partial charge in [-0.1, -0.05) is 0 Å². The highest BCUT2D eigenvalue weighted by molar-refractivity contribution is 6.01. The van der Waals surface area contributed by atoms with Gasteiger partial charge < -0.3 is 20.1 Å². The standard InChI is InChI=1S/C19H24N2O5/c1-12(22)13-2-7-17-16(10-13)21(19(25)11-26-17)9-8-18(24)20-14-3-5-15(23)6-4-14/h2,7,10,14-15,23H,3-6,8-9,11H2,1H3,(H,20,24). The average molecular weight is 360 g/mol. The van der Waals surface area contributed by atoms with Crippen LogP contribution in [0.5, 0.6) is 5.75 Å². The number of carbonyl (C=O) groups is 3. The largest absolute Gasteiger partial charge is 0.482 e. The summed E-state index contributed by atoms with van der Waals surface area (Å²) in [5, 5.41) is 12.5. The molecule has 2 N–H and O–H groups in total. The van der Waals surface area contributed by atoms with E-state index in [2.05, 4.69) is 5.32 Å². The van der Waals surface area contributed by atoms with Gasteiger partial charge in [0.25, 0.3) is 5.91 Å². The fourth-order valence-electron chi connectivity index (χ4n) is 3.40. The molecule has 1 fully saturated rings. The number of nitrogens with zero attached hydrogens (tertiary/aromatic N) is 1. The second-order valence-corrected chi connectivity index (χ2v) is 6.90. The van der Waals surface area contributed by atoms with Crippen LogP contribution in [0.25, 0.3) is 0 Å². The van der Waals surface area contributed by atoms with Gasteiger partial charge in [0.2, 0.25) is 5.91 Å². The van der Waals surface area contributed by atoms with Crippen LogP contribution in [0, 0.1) is 0 Å². The predicted molar refractivity (Wildman–Crippen MR) is 95.3 cm³/mol. The maximum atomic E-state index is 12.2. The maximum absolute atomic E-state index is 12.2. The molecule has 0 spiro atoms. The number of rotatable bonds is 5. The molecule has 0 aromatic heterocycles. The summed E-state index contributed by atoms with van der Waals surface area (Å²) in [5.41, 5.74) is 1.03. The summed E-state index contributed by atoms with van der Waals surface area (Å²) in [4.78, 5) is 37.6. The summed E-state index contributed by atoms with van der Waals surface area (Å²) in [6.07, 6.45) is 2.86. The number of fused-ring (bicyclic) bond motifs is 1. The lowest BCUT2D eigenvalue weighted by molar-refractivity contribution is -0.122. The summed E-state index contributed by atoms with van der Waals surface area (Å²) in [6.45, 7) is 1.62. The minimum atomic E-state index is -0.263. The van der Waals surface area contributed by atoms with E-state index >= 15 is 0 Å². The fraction of sp³-hybridized carbons (Fsp3) is 0.526. The van der Waals surface area contributed by atoms with Crippen molar-refractivity contribution in [2.75, 3.05) is 18.1 Å². The highest BCUT2D eigenvalue weighted by atomic mass is 16.5. The van der Waals surface area contributed by atoms with Crippen LogP contribution in [-0.2, 0) is 9.59 Å². The van der Waals surface area contributed by atoms with Crippen molar-refractivity contribution in [3.63, 3.8) is 0 Å². The van der Waals surface area contributed by atoms with Crippen molar-refractivity contribution in [3.8, 4) is 5.75 Å². The first-order chi connectivity index (χ1) is 12.4. The number of hydrogen-bond acceptors (Lipinski definition) is 5. The van der Waals surface area contributed by atoms with Crippen LogP contribution in [0.2, 0.25) is 0 Å². The number of hydrogen-bond donors (Lipinski definition) is 2. The number of carbonyl (C=O) groups excluding carboxylic acids is 3. The van der Waals surface area contributed by atoms with E-state index in [4.69, 9.17) is 4.74 Å². The van der Waals surface area contributed by atoms with Gasteiger partial charge in [-0.05, 0) is 50.8 Å². The van der Waals surface area contributed by atoms with E-state index in [1.165, 1.54) is 11.8 Å². The van der Waals surface area contributed by atoms with E-state index in [1.807, 2.05) is 0 Å². The number of aliphatic hydroxyl groups excluding tert-OH is 1. The van der Waals surface area contributed by atoms with Crippen molar-refractivity contribution in [2.24, 2.45) is 0 Å². The molecule has 2 amide bonds. The number of nitrogens with one attached hydrogen (secondary N) is 1. The minimum Gasteiger partial charge on any atom is -0.482 e. The van der Waals surface area contributed by atoms with Crippen molar-refractivity contribution in [2.45, 2.75) is 51.2 Å². The van der Waals surface area contributed by atoms with Gasteiger partial charge in [-0.15, -0.1) is 0 Å². The topological polar surface area (TPSA) is 95.9 Å². The van der Waals surface area contributed by atoms with Gasteiger partial charge in [-0.25, -0.2) is 0 Å². The molecule has 0 bridgehead atoms. The highest BCUT2D eigenvalue weighted by Crippen LogP contribution is 2.33. The van der Waals surface area contributed by atoms with Crippen molar-refractivity contribution in [3.05, 3.63) is 23.8 Å². The second-order valence-electron chi connectivity index (χ2n) is 6.90. The first-order valence-electron chi connectivity index (χ1n) is 8.99. The Hall–Kier alpha value is -2.41. The SMILES string of the molecule is CC(=O)c1ccc2c(c1)N(CCC(=O)NC1CCC(O)CC1)C(=O)CO2. The Morgan fingerprint density at radius 1 is 1.27 bits per heavy atom. The molecule has 7 nitrogen and oxygen atoms in total. The van der Waals surface area contributed by atoms with Crippen molar-refractivity contribution in [1.82, 2.24) is 5.32 Å². The fourth-order valence-corrected chi connectivity index (χ4v) is 3.40. The molecule has 140 valence electrons. The Morgan fingerprint density at radius 3 is 2.69 bits per heavy atom. The van der Waals surface area contributed by atoms with Crippen LogP contribution in [0.3, 0.4) is 0 Å². The molecule has 1 saturated carbocycles. The number of benzene rings is 1. The predicted octanol–water partition coefficient (Wildman–Crippen LogP) is 1.42. The van der Waals surface area contributed by atoms with Crippen LogP contribution in [0.4, 0.5) is 5.69 Å². The molecule has 0 atom stereocenters. The Kier molecular flexibility index (Phi) is 5.56. The Balaban J connectivity index is 1.62. The van der Waals surface area contributed by atoms with E-state index in [0.29, 0.717) is 29.8 Å². The van der Waals surface area contributed by atoms with Crippen LogP contribution >= 0.6 is 0 Å². The zero-order valence-electron chi connectivity index (χ0n) is 14.9. The molecule has 1 aliphatic carbocycles. The van der Waals surface area contributed by atoms with Crippen LogP contribution in [0.15, 0.2) is 18.2 Å². The van der Waals surface area contributed by atoms with Gasteiger partial charge in [0.15, 0.2) is 12.4 Å². The highest BCUT2D eigenvalue weighted by Gasteiger charge is 2.27. The van der Waals surface area contributed by atoms with Crippen LogP contribution in [-0.4, -0.2) is 48.0 Å². The molecule has 1 aliphatic heterocycles. The molecule has 7 heteroatoms. The molecule has 0 unspecified atom stereocenters. The van der Waals surface area contributed by atoms with E-state index in [1.54, 1.807) is 18.2 Å². The van der Waals surface area contributed by atoms with Gasteiger partial charge in [0, 0.05) is 24.6 Å². The second kappa shape index (κ2) is 7.86. The molecule has 0 saturated heterocycles. The maximum Gasteiger partial charge on any atom is 0.265 e. The molecule has 2 aliphatic rings. The molecule has 1 aromatic rings. The molecule has 1 aromatic carbocycles. The first-order valence-corrected chi connectivity index (χ1v) is 8.99. The summed E-state index contributed by atoms with van der Waals surface area (Å²) >= 11 is 0. The number of amides is 2. The summed E-state index contributed by atoms with van der Waals surface area (Å²) in [6, 6.07) is 5.07. The molecule has 1 heterocycles. The zero-order valence-corrected chi connectivity index (χ0v) is 14.9. The van der Waals surface area contributed by atoms with Crippen molar-refractivity contribution < 1.29 is 24.2 Å². The lowest BCUT2D eigenvalue weighted by Gasteiger charge is -2.30. The normalized spacial score (nSPS) is 22.4. The molecule has 0 radical (unpaired) electrons. The summed E-state index contributed by atoms with van der Waals surface area (Å²) < 4.78 is 5.41. The minimum absolute atomic E-state index is 0.0749. The molecule has 3 rings (SSSR count). The van der Waals surface area contributed by atoms with E-state index < -0.39 is 0 Å². The first kappa shape index (κ1) is 18.4. The van der Waals surface area contributed by atoms with Crippen molar-refractivity contribution in [1.29, 1.82) is 0 Å². The average Bonchev–Trinajstić information content (AvgIpc) is 2.62. The molecular weight excluding hydrogens is 336 g/mol. The third-order valence-electron chi connectivity index (χ3n) is 4.93. The number of Topliss-reactive ketones (excluding diaryl/α,β-unsaturated/α-hetero) is 1. The summed E-state index contributed by atoms with van der Waals surface area (Å²) in [5.74, 6) is 0.0982. The van der Waals surface area contributed by atoms with E-state index in [9.17, 15) is 19.5 Å². The smallest absolute Gasteiger partial charge is 0.265 e. The van der Waals surface area contributed by atoms with Gasteiger partial charge in [0.05, 0.1) is 11.8 Å². The third-order valence-corrected chi connectivity index (χ3v) is 4.93. The third kappa shape index (κ3) is 4.22. The van der Waals surface area contributed by atoms with Gasteiger partial charge in [0.1, 0.15) is 5.75 Å². The number of ketones is 1. The molecule has 26 heavy (non-hydrogen) atoms. The lowest BCUT2D eigenvalue weighted by atomic mass is 9.93. The zero-order chi connectivity index (χ0) is 18.7. The Labute approximate surface area is 152 Å².